The van der Waals surface area contributed by atoms with Gasteiger partial charge in [-0.2, -0.15) is 0 Å². The molecule has 0 radical (unpaired) electrons. The predicted octanol–water partition coefficient (Wildman–Crippen LogP) is -1.97. The fourth-order valence-electron chi connectivity index (χ4n) is 9.24. The molecule has 0 aliphatic carbocycles. The molecule has 1 fully saturated rings. The highest BCUT2D eigenvalue weighted by molar-refractivity contribution is 5.99. The van der Waals surface area contributed by atoms with Crippen LogP contribution in [0.1, 0.15) is 95.8 Å². The van der Waals surface area contributed by atoms with E-state index >= 15 is 0 Å². The van der Waals surface area contributed by atoms with Crippen molar-refractivity contribution < 1.29 is 57.8 Å². The highest BCUT2D eigenvalue weighted by Gasteiger charge is 2.40. The third kappa shape index (κ3) is 23.4. The number of primary amides is 1. The standard InChI is InChI=1S/C57H82N16O12/c1-5-38(54(82)73-28-12-17-44(73)52(80)68-39(15-10-24-64-56(59)60)48(76)69-40(55(83)84)16-11-25-65-57(61)62)67-50(78)43(32-45(58)74)71-53(81)47(33(3)4)72-51(79)42(29-34-13-8-7-9-14-34)70-49(77)41(30-35-18-20-37(21-19-35)85-6-2)66-46(75)31-36-22-26-63-27-23-36/h7-9,13-14,18-23,26-27,33,38-44,47H,5-6,10-12,15-17,24-25,28-32H2,1-4H3,(H2,58,74)(H,66,75)(H,67,78)(H,68,80)(H,69,76)(H,70,77)(H,71,81)(H,72,79)(H,83,84)(H4,59,60,64)(H4,61,62,65)/t38-,39-,40-,41+,42-,43-,44-,47-/m0/s1. The Morgan fingerprint density at radius 2 is 1.15 bits per heavy atom. The van der Waals surface area contributed by atoms with E-state index in [9.17, 15) is 53.1 Å². The van der Waals surface area contributed by atoms with Gasteiger partial charge in [-0.05, 0) is 98.7 Å². The highest BCUT2D eigenvalue weighted by Crippen LogP contribution is 2.21. The molecule has 2 aromatic carbocycles. The third-order valence-corrected chi connectivity index (χ3v) is 13.6. The number of hydrogen-bond acceptors (Lipinski definition) is 14. The second-order valence-corrected chi connectivity index (χ2v) is 20.7. The maximum absolute atomic E-state index is 14.5. The van der Waals surface area contributed by atoms with Crippen molar-refractivity contribution in [2.75, 3.05) is 26.2 Å². The molecule has 1 saturated heterocycles. The summed E-state index contributed by atoms with van der Waals surface area (Å²) in [6, 6.07) is 8.34. The quantitative estimate of drug-likeness (QED) is 0.0173. The van der Waals surface area contributed by atoms with E-state index in [2.05, 4.69) is 52.2 Å². The summed E-state index contributed by atoms with van der Waals surface area (Å²) in [7, 11) is 0. The van der Waals surface area contributed by atoms with Crippen LogP contribution in [0.4, 0.5) is 0 Å². The van der Waals surface area contributed by atoms with Crippen molar-refractivity contribution in [2.45, 2.75) is 147 Å². The Morgan fingerprint density at radius 3 is 1.72 bits per heavy atom. The van der Waals surface area contributed by atoms with Crippen molar-refractivity contribution in [1.82, 2.24) is 47.1 Å². The first-order chi connectivity index (χ1) is 40.5. The second-order valence-electron chi connectivity index (χ2n) is 20.7. The molecule has 18 N–H and O–H groups in total. The molecule has 2 heterocycles. The topological polar surface area (TPSA) is 455 Å². The largest absolute Gasteiger partial charge is 0.494 e. The minimum Gasteiger partial charge on any atom is -0.494 e. The Labute approximate surface area is 493 Å². The second kappa shape index (κ2) is 34.9. The molecule has 9 amide bonds. The average Bonchev–Trinajstić information content (AvgIpc) is 4.25. The Morgan fingerprint density at radius 1 is 0.624 bits per heavy atom. The molecule has 3 aromatic rings. The van der Waals surface area contributed by atoms with Crippen LogP contribution in [-0.2, 0) is 67.2 Å². The number of benzene rings is 2. The molecule has 1 aromatic heterocycles. The number of carboxylic acid groups (broad SMARTS) is 1. The average molecular weight is 1180 g/mol. The third-order valence-electron chi connectivity index (χ3n) is 13.6. The van der Waals surface area contributed by atoms with E-state index in [-0.39, 0.29) is 89.3 Å². The zero-order valence-corrected chi connectivity index (χ0v) is 48.4. The number of pyridine rings is 1. The van der Waals surface area contributed by atoms with E-state index in [1.165, 1.54) is 17.3 Å². The van der Waals surface area contributed by atoms with E-state index in [1.807, 2.05) is 6.92 Å². The zero-order valence-electron chi connectivity index (χ0n) is 48.4. The number of nitrogens with two attached hydrogens (primary N) is 5. The minimum atomic E-state index is -1.68. The van der Waals surface area contributed by atoms with Crippen LogP contribution in [0, 0.1) is 5.92 Å². The molecule has 28 nitrogen and oxygen atoms in total. The van der Waals surface area contributed by atoms with Crippen LogP contribution in [0.2, 0.25) is 0 Å². The van der Waals surface area contributed by atoms with E-state index < -0.39 is 120 Å². The molecule has 8 atom stereocenters. The first-order valence-electron chi connectivity index (χ1n) is 28.2. The number of rotatable bonds is 35. The first-order valence-corrected chi connectivity index (χ1v) is 28.2. The van der Waals surface area contributed by atoms with Crippen molar-refractivity contribution in [3.63, 3.8) is 0 Å². The number of likely N-dealkylation sites (tertiary alicyclic amines) is 1. The predicted molar refractivity (Wildman–Crippen MR) is 314 cm³/mol. The SMILES string of the molecule is CCOc1ccc(C[C@@H](NC(=O)Cc2ccncc2)C(=O)N[C@@H](Cc2ccccc2)C(=O)N[C@H](C(=O)N[C@@H](CC(N)=O)C(=O)N[C@@H](CC)C(=O)N2CCC[C@H]2C(=O)N[C@@H](CCCN=C(N)N)C(=O)N[C@@H](CCCN=C(N)N)C(=O)O)C(C)C)cc1. The van der Waals surface area contributed by atoms with Crippen molar-refractivity contribution in [2.24, 2.45) is 44.6 Å². The van der Waals surface area contributed by atoms with Crippen molar-refractivity contribution in [3.05, 3.63) is 95.8 Å². The van der Waals surface area contributed by atoms with Crippen LogP contribution >= 0.6 is 0 Å². The minimum absolute atomic E-state index is 0.0204. The number of ether oxygens (including phenoxy) is 1. The molecule has 4 rings (SSSR count). The van der Waals surface area contributed by atoms with Gasteiger partial charge in [0.15, 0.2) is 11.9 Å². The van der Waals surface area contributed by atoms with Crippen LogP contribution in [0.25, 0.3) is 0 Å². The van der Waals surface area contributed by atoms with Gasteiger partial charge in [0.1, 0.15) is 54.1 Å². The van der Waals surface area contributed by atoms with Gasteiger partial charge in [-0.15, -0.1) is 0 Å². The number of nitrogens with one attached hydrogen (secondary N) is 7. The Kier molecular flexibility index (Phi) is 28.0. The summed E-state index contributed by atoms with van der Waals surface area (Å²) in [4.78, 5) is 150. The summed E-state index contributed by atoms with van der Waals surface area (Å²) in [6.45, 7) is 7.32. The smallest absolute Gasteiger partial charge is 0.326 e. The van der Waals surface area contributed by atoms with Crippen molar-refractivity contribution >= 4 is 71.1 Å². The van der Waals surface area contributed by atoms with Crippen LogP contribution in [0.3, 0.4) is 0 Å². The van der Waals surface area contributed by atoms with Gasteiger partial charge >= 0.3 is 5.97 Å². The molecule has 28 heteroatoms. The van der Waals surface area contributed by atoms with Gasteiger partial charge < -0.3 is 80.6 Å². The van der Waals surface area contributed by atoms with Gasteiger partial charge in [-0.25, -0.2) is 4.79 Å². The lowest BCUT2D eigenvalue weighted by molar-refractivity contribution is -0.144. The normalized spacial score (nSPS) is 15.2. The molecule has 0 spiro atoms. The monoisotopic (exact) mass is 1180 g/mol. The Balaban J connectivity index is 1.52. The number of nitrogens with zero attached hydrogens (tertiary/aromatic N) is 4. The van der Waals surface area contributed by atoms with E-state index in [1.54, 1.807) is 87.5 Å². The van der Waals surface area contributed by atoms with Crippen molar-refractivity contribution in [1.29, 1.82) is 0 Å². The van der Waals surface area contributed by atoms with Gasteiger partial charge in [0.2, 0.25) is 53.2 Å². The van der Waals surface area contributed by atoms with E-state index in [0.29, 0.717) is 35.5 Å². The maximum atomic E-state index is 14.5. The summed E-state index contributed by atoms with van der Waals surface area (Å²) < 4.78 is 5.58. The maximum Gasteiger partial charge on any atom is 0.326 e. The number of aliphatic carboxylic acids is 1. The van der Waals surface area contributed by atoms with Crippen LogP contribution in [0.5, 0.6) is 5.75 Å². The molecular formula is C57H82N16O12. The van der Waals surface area contributed by atoms with Gasteiger partial charge in [0.25, 0.3) is 0 Å². The lowest BCUT2D eigenvalue weighted by atomic mass is 9.99. The number of aliphatic imine (C=N–C) groups is 2. The lowest BCUT2D eigenvalue weighted by Gasteiger charge is -2.31. The van der Waals surface area contributed by atoms with Gasteiger partial charge in [0.05, 0.1) is 19.4 Å². The van der Waals surface area contributed by atoms with Gasteiger partial charge in [0, 0.05) is 44.9 Å². The highest BCUT2D eigenvalue weighted by atomic mass is 16.5. The Hall–Kier alpha value is -9.37. The number of amides is 9. The van der Waals surface area contributed by atoms with Crippen LogP contribution in [-0.4, -0.2) is 161 Å². The first kappa shape index (κ1) is 68.1. The molecule has 1 aliphatic rings. The summed E-state index contributed by atoms with van der Waals surface area (Å²) in [5.74, 6) is -8.98. The van der Waals surface area contributed by atoms with Crippen molar-refractivity contribution in [3.8, 4) is 5.75 Å². The van der Waals surface area contributed by atoms with E-state index in [0.717, 1.165) is 0 Å². The number of guanidine groups is 2. The summed E-state index contributed by atoms with van der Waals surface area (Å²) >= 11 is 0. The Bertz CT molecular complexity index is 2800. The number of carbonyl (C=O) groups excluding carboxylic acids is 9. The number of hydrogen-bond donors (Lipinski definition) is 13. The lowest BCUT2D eigenvalue weighted by Crippen LogP contribution is -2.61. The molecule has 0 unspecified atom stereocenters. The zero-order chi connectivity index (χ0) is 62.6. The molecule has 0 bridgehead atoms. The van der Waals surface area contributed by atoms with E-state index in [4.69, 9.17) is 33.4 Å². The molecule has 1 aliphatic heterocycles. The number of aromatic nitrogens is 1. The fourth-order valence-corrected chi connectivity index (χ4v) is 9.24. The summed E-state index contributed by atoms with van der Waals surface area (Å²) in [6.07, 6.45) is 2.98. The van der Waals surface area contributed by atoms with Crippen LogP contribution < -0.4 is 70.6 Å². The van der Waals surface area contributed by atoms with Gasteiger partial charge in [-0.3, -0.25) is 58.1 Å². The number of carboxylic acids is 1. The van der Waals surface area contributed by atoms with Gasteiger partial charge in [-0.1, -0.05) is 63.2 Å². The molecular weight excluding hydrogens is 1100 g/mol. The fraction of sp³-hybridized carbons (Fsp3) is 0.491. The molecule has 0 saturated carbocycles. The summed E-state index contributed by atoms with van der Waals surface area (Å²) in [5.41, 5.74) is 29.2. The number of carbonyl (C=O) groups is 10. The molecule has 462 valence electrons. The summed E-state index contributed by atoms with van der Waals surface area (Å²) in [5, 5.41) is 28.4. The van der Waals surface area contributed by atoms with Crippen LogP contribution in [0.15, 0.2) is 89.1 Å². The molecule has 85 heavy (non-hydrogen) atoms.